The van der Waals surface area contributed by atoms with Crippen LogP contribution in [-0.2, 0) is 4.74 Å². The van der Waals surface area contributed by atoms with Crippen LogP contribution in [-0.4, -0.2) is 12.3 Å². The maximum atomic E-state index is 6.84. The molecule has 0 aliphatic carbocycles. The van der Waals surface area contributed by atoms with Crippen molar-refractivity contribution in [3.8, 4) is 0 Å². The van der Waals surface area contributed by atoms with Crippen LogP contribution in [0.2, 0.25) is 0 Å². The van der Waals surface area contributed by atoms with E-state index < -0.39 is 0 Å². The van der Waals surface area contributed by atoms with Crippen molar-refractivity contribution in [3.05, 3.63) is 24.7 Å². The fourth-order valence-corrected chi connectivity index (χ4v) is 0.474. The number of allylic oxidation sites excluding steroid dienone is 1. The molecule has 0 unspecified atom stereocenters. The van der Waals surface area contributed by atoms with Gasteiger partial charge in [-0.1, -0.05) is 18.2 Å². The van der Waals surface area contributed by atoms with E-state index in [1.165, 1.54) is 19.4 Å². The van der Waals surface area contributed by atoms with Crippen molar-refractivity contribution in [2.24, 2.45) is 0 Å². The summed E-state index contributed by atoms with van der Waals surface area (Å²) >= 11 is 5.24. The van der Waals surface area contributed by atoms with Crippen LogP contribution in [0.3, 0.4) is 0 Å². The summed E-state index contributed by atoms with van der Waals surface area (Å²) in [7, 11) is 1.47. The van der Waals surface area contributed by atoms with Gasteiger partial charge in [0.05, 0.1) is 7.11 Å². The molecule has 0 rings (SSSR count). The molecule has 0 fully saturated rings. The second-order valence-electron chi connectivity index (χ2n) is 1.41. The Morgan fingerprint density at radius 1 is 1.80 bits per heavy atom. The van der Waals surface area contributed by atoms with Crippen LogP contribution in [0, 0.1) is 5.41 Å². The molecule has 0 atom stereocenters. The van der Waals surface area contributed by atoms with Crippen molar-refractivity contribution < 1.29 is 4.74 Å². The number of nitrogens with one attached hydrogen (secondary N) is 2. The Morgan fingerprint density at radius 2 is 2.40 bits per heavy atom. The lowest BCUT2D eigenvalue weighted by molar-refractivity contribution is 0.273. The van der Waals surface area contributed by atoms with Gasteiger partial charge in [0.15, 0.2) is 5.88 Å². The molecular formula is C6H9ClN2O. The molecule has 0 bridgehead atoms. The van der Waals surface area contributed by atoms with Gasteiger partial charge in [-0.15, -0.1) is 0 Å². The van der Waals surface area contributed by atoms with E-state index in [9.17, 15) is 0 Å². The minimum Gasteiger partial charge on any atom is -0.482 e. The first-order valence-electron chi connectivity index (χ1n) is 2.58. The highest BCUT2D eigenvalue weighted by atomic mass is 35.5. The fourth-order valence-electron chi connectivity index (χ4n) is 0.375. The average Bonchev–Trinajstić information content (AvgIpc) is 1.86. The van der Waals surface area contributed by atoms with Crippen LogP contribution >= 0.6 is 11.6 Å². The van der Waals surface area contributed by atoms with E-state index in [4.69, 9.17) is 21.7 Å². The van der Waals surface area contributed by atoms with Crippen LogP contribution in [0.15, 0.2) is 24.7 Å². The van der Waals surface area contributed by atoms with Crippen LogP contribution < -0.4 is 5.32 Å². The SMILES string of the molecule is C=CNC(=CC(=N)Cl)OC. The van der Waals surface area contributed by atoms with Crippen molar-refractivity contribution >= 4 is 16.8 Å². The Morgan fingerprint density at radius 3 is 2.70 bits per heavy atom. The van der Waals surface area contributed by atoms with Gasteiger partial charge in [-0.2, -0.15) is 0 Å². The van der Waals surface area contributed by atoms with Crippen LogP contribution in [0.4, 0.5) is 0 Å². The van der Waals surface area contributed by atoms with Crippen LogP contribution in [0.5, 0.6) is 0 Å². The van der Waals surface area contributed by atoms with Gasteiger partial charge < -0.3 is 10.1 Å². The third-order valence-corrected chi connectivity index (χ3v) is 0.831. The fraction of sp³-hybridized carbons (Fsp3) is 0.167. The van der Waals surface area contributed by atoms with E-state index >= 15 is 0 Å². The number of hydrogen-bond donors (Lipinski definition) is 2. The third kappa shape index (κ3) is 3.97. The summed E-state index contributed by atoms with van der Waals surface area (Å²) in [6.45, 7) is 3.41. The highest BCUT2D eigenvalue weighted by molar-refractivity contribution is 6.67. The van der Waals surface area contributed by atoms with Gasteiger partial charge in [-0.25, -0.2) is 0 Å². The van der Waals surface area contributed by atoms with Gasteiger partial charge in [-0.3, -0.25) is 5.41 Å². The molecule has 0 aromatic heterocycles. The largest absolute Gasteiger partial charge is 0.482 e. The summed E-state index contributed by atoms with van der Waals surface area (Å²) in [5, 5.41) is 9.39. The molecule has 56 valence electrons. The summed E-state index contributed by atoms with van der Waals surface area (Å²) in [4.78, 5) is 0. The minimum absolute atomic E-state index is 0.0915. The molecule has 0 spiro atoms. The summed E-state index contributed by atoms with van der Waals surface area (Å²) in [5.41, 5.74) is 0. The lowest BCUT2D eigenvalue weighted by Gasteiger charge is -2.02. The summed E-state index contributed by atoms with van der Waals surface area (Å²) in [6, 6.07) is 0. The van der Waals surface area contributed by atoms with Gasteiger partial charge in [0, 0.05) is 6.08 Å². The lowest BCUT2D eigenvalue weighted by Crippen LogP contribution is -2.06. The van der Waals surface area contributed by atoms with Gasteiger partial charge in [0.25, 0.3) is 0 Å². The molecule has 3 nitrogen and oxygen atoms in total. The van der Waals surface area contributed by atoms with Crippen molar-refractivity contribution in [2.45, 2.75) is 0 Å². The number of ether oxygens (including phenoxy) is 1. The molecular weight excluding hydrogens is 152 g/mol. The van der Waals surface area contributed by atoms with Crippen molar-refractivity contribution in [3.63, 3.8) is 0 Å². The third-order valence-electron chi connectivity index (χ3n) is 0.722. The molecule has 0 radical (unpaired) electrons. The predicted octanol–water partition coefficient (Wildman–Crippen LogP) is 1.42. The summed E-state index contributed by atoms with van der Waals surface area (Å²) in [6.07, 6.45) is 2.78. The molecule has 10 heavy (non-hydrogen) atoms. The molecule has 0 amide bonds. The second kappa shape index (κ2) is 4.88. The van der Waals surface area contributed by atoms with E-state index in [-0.39, 0.29) is 5.17 Å². The monoisotopic (exact) mass is 160 g/mol. The molecule has 0 aromatic rings. The zero-order valence-electron chi connectivity index (χ0n) is 5.65. The quantitative estimate of drug-likeness (QED) is 0.483. The van der Waals surface area contributed by atoms with E-state index in [1.54, 1.807) is 0 Å². The number of methoxy groups -OCH3 is 1. The molecule has 0 aliphatic rings. The Bertz CT molecular complexity index is 165. The zero-order valence-corrected chi connectivity index (χ0v) is 6.40. The molecule has 2 N–H and O–H groups in total. The van der Waals surface area contributed by atoms with Crippen molar-refractivity contribution in [1.29, 1.82) is 5.41 Å². The Labute approximate surface area is 64.8 Å². The first-order chi connectivity index (χ1) is 4.70. The smallest absolute Gasteiger partial charge is 0.193 e. The normalized spacial score (nSPS) is 10.4. The van der Waals surface area contributed by atoms with Gasteiger partial charge in [0.1, 0.15) is 5.17 Å². The molecule has 0 aromatic carbocycles. The van der Waals surface area contributed by atoms with E-state index in [1.807, 2.05) is 0 Å². The number of hydrogen-bond acceptors (Lipinski definition) is 3. The zero-order chi connectivity index (χ0) is 7.98. The van der Waals surface area contributed by atoms with Gasteiger partial charge >= 0.3 is 0 Å². The van der Waals surface area contributed by atoms with E-state index in [2.05, 4.69) is 11.9 Å². The minimum atomic E-state index is -0.0915. The Kier molecular flexibility index (Phi) is 4.41. The van der Waals surface area contributed by atoms with Crippen molar-refractivity contribution in [2.75, 3.05) is 7.11 Å². The molecule has 0 aliphatic heterocycles. The standard InChI is InChI=1S/C6H9ClN2O/c1-3-9-6(10-2)4-5(7)8/h3-4,8-9H,1H2,2H3. The lowest BCUT2D eigenvalue weighted by atomic mass is 10.6. The summed E-state index contributed by atoms with van der Waals surface area (Å²) < 4.78 is 4.76. The van der Waals surface area contributed by atoms with Gasteiger partial charge in [0.2, 0.25) is 0 Å². The van der Waals surface area contributed by atoms with Crippen LogP contribution in [0.1, 0.15) is 0 Å². The Hall–Kier alpha value is -0.960. The van der Waals surface area contributed by atoms with Gasteiger partial charge in [-0.05, 0) is 6.20 Å². The maximum Gasteiger partial charge on any atom is 0.193 e. The topological polar surface area (TPSA) is 45.1 Å². The highest BCUT2D eigenvalue weighted by Crippen LogP contribution is 1.92. The number of rotatable bonds is 4. The predicted molar refractivity (Wildman–Crippen MR) is 42.0 cm³/mol. The molecule has 0 saturated carbocycles. The summed E-state index contributed by atoms with van der Waals surface area (Å²) in [5.74, 6) is 0.398. The first-order valence-corrected chi connectivity index (χ1v) is 2.95. The highest BCUT2D eigenvalue weighted by Gasteiger charge is 1.91. The number of halogens is 1. The average molecular weight is 161 g/mol. The van der Waals surface area contributed by atoms with E-state index in [0.717, 1.165) is 0 Å². The van der Waals surface area contributed by atoms with Crippen molar-refractivity contribution in [1.82, 2.24) is 5.32 Å². The maximum absolute atomic E-state index is 6.84. The molecule has 0 saturated heterocycles. The molecule has 0 heterocycles. The van der Waals surface area contributed by atoms with Crippen LogP contribution in [0.25, 0.3) is 0 Å². The Balaban J connectivity index is 4.03. The first kappa shape index (κ1) is 9.04. The van der Waals surface area contributed by atoms with E-state index in [0.29, 0.717) is 5.88 Å². The second-order valence-corrected chi connectivity index (χ2v) is 1.82. The molecule has 4 heteroatoms.